The molecule has 2 fully saturated rings. The average Bonchev–Trinajstić information content (AvgIpc) is 2.62. The van der Waals surface area contributed by atoms with Crippen LogP contribution in [-0.4, -0.2) is 52.8 Å². The summed E-state index contributed by atoms with van der Waals surface area (Å²) in [6, 6.07) is 3.33. The van der Waals surface area contributed by atoms with Crippen molar-refractivity contribution in [1.29, 1.82) is 0 Å². The minimum atomic E-state index is -0.0537. The van der Waals surface area contributed by atoms with Gasteiger partial charge in [0.2, 0.25) is 5.91 Å². The van der Waals surface area contributed by atoms with E-state index in [9.17, 15) is 9.59 Å². The van der Waals surface area contributed by atoms with E-state index in [1.165, 1.54) is 0 Å². The van der Waals surface area contributed by atoms with Crippen molar-refractivity contribution in [3.05, 3.63) is 24.0 Å². The normalized spacial score (nSPS) is 23.7. The third kappa shape index (κ3) is 4.17. The minimum absolute atomic E-state index is 0.0269. The smallest absolute Gasteiger partial charge is 0.272 e. The van der Waals surface area contributed by atoms with Crippen molar-refractivity contribution in [2.75, 3.05) is 31.9 Å². The molecule has 1 atom stereocenters. The first-order valence-electron chi connectivity index (χ1n) is 9.67. The maximum Gasteiger partial charge on any atom is 0.272 e. The van der Waals surface area contributed by atoms with E-state index in [1.54, 1.807) is 18.3 Å². The lowest BCUT2D eigenvalue weighted by atomic mass is 9.73. The Morgan fingerprint density at radius 2 is 2.15 bits per heavy atom. The summed E-state index contributed by atoms with van der Waals surface area (Å²) in [5.74, 6) is 0.791. The van der Waals surface area contributed by atoms with E-state index in [-0.39, 0.29) is 17.2 Å². The fourth-order valence-corrected chi connectivity index (χ4v) is 4.16. The molecule has 0 unspecified atom stereocenters. The summed E-state index contributed by atoms with van der Waals surface area (Å²) in [6.45, 7) is 7.41. The maximum atomic E-state index is 12.9. The number of nitrogens with two attached hydrogens (primary N) is 1. The summed E-state index contributed by atoms with van der Waals surface area (Å²) in [6.07, 6.45) is 6.12. The number of piperidine rings is 2. The second-order valence-corrected chi connectivity index (χ2v) is 8.30. The topological polar surface area (TPSA) is 79.5 Å². The molecule has 0 aromatic carbocycles. The van der Waals surface area contributed by atoms with Crippen molar-refractivity contribution in [3.63, 3.8) is 0 Å². The van der Waals surface area contributed by atoms with Crippen molar-refractivity contribution in [1.82, 2.24) is 14.8 Å². The van der Waals surface area contributed by atoms with Crippen molar-refractivity contribution in [3.8, 4) is 0 Å². The van der Waals surface area contributed by atoms with E-state index in [0.717, 1.165) is 45.3 Å². The molecule has 1 aromatic heterocycles. The average molecular weight is 358 g/mol. The Labute approximate surface area is 155 Å². The van der Waals surface area contributed by atoms with Gasteiger partial charge in [0.1, 0.15) is 5.69 Å². The number of nitrogen functional groups attached to an aromatic ring is 1. The van der Waals surface area contributed by atoms with Crippen LogP contribution < -0.4 is 5.73 Å². The predicted octanol–water partition coefficient (Wildman–Crippen LogP) is 2.55. The van der Waals surface area contributed by atoms with Crippen LogP contribution in [0.4, 0.5) is 5.69 Å². The Morgan fingerprint density at radius 1 is 1.35 bits per heavy atom. The van der Waals surface area contributed by atoms with Crippen molar-refractivity contribution in [2.45, 2.75) is 46.0 Å². The van der Waals surface area contributed by atoms with Gasteiger partial charge in [-0.3, -0.25) is 14.6 Å². The number of pyridine rings is 1. The first kappa shape index (κ1) is 18.7. The zero-order valence-electron chi connectivity index (χ0n) is 15.9. The van der Waals surface area contributed by atoms with Crippen LogP contribution in [0.1, 0.15) is 56.4 Å². The van der Waals surface area contributed by atoms with Gasteiger partial charge in [-0.05, 0) is 43.7 Å². The molecular formula is C20H30N4O2. The second-order valence-electron chi connectivity index (χ2n) is 8.30. The molecule has 6 heteroatoms. The predicted molar refractivity (Wildman–Crippen MR) is 101 cm³/mol. The molecule has 0 radical (unpaired) electrons. The molecule has 3 heterocycles. The third-order valence-corrected chi connectivity index (χ3v) is 5.68. The van der Waals surface area contributed by atoms with Gasteiger partial charge in [0.25, 0.3) is 5.91 Å². The Morgan fingerprint density at radius 3 is 2.88 bits per heavy atom. The molecule has 1 spiro atoms. The van der Waals surface area contributed by atoms with E-state index >= 15 is 0 Å². The highest BCUT2D eigenvalue weighted by atomic mass is 16.2. The molecule has 142 valence electrons. The van der Waals surface area contributed by atoms with Gasteiger partial charge in [-0.15, -0.1) is 0 Å². The summed E-state index contributed by atoms with van der Waals surface area (Å²) in [5.41, 5.74) is 6.79. The summed E-state index contributed by atoms with van der Waals surface area (Å²) in [7, 11) is 0. The van der Waals surface area contributed by atoms with Crippen LogP contribution in [0.25, 0.3) is 0 Å². The molecule has 2 saturated heterocycles. The second kappa shape index (κ2) is 7.64. The molecule has 26 heavy (non-hydrogen) atoms. The molecule has 1 aromatic rings. The van der Waals surface area contributed by atoms with Gasteiger partial charge in [0.05, 0.1) is 0 Å². The maximum absolute atomic E-state index is 12.9. The van der Waals surface area contributed by atoms with E-state index in [2.05, 4.69) is 18.8 Å². The Bertz CT molecular complexity index is 676. The first-order valence-corrected chi connectivity index (χ1v) is 9.67. The molecule has 6 nitrogen and oxygen atoms in total. The van der Waals surface area contributed by atoms with Gasteiger partial charge >= 0.3 is 0 Å². The Kier molecular flexibility index (Phi) is 5.49. The van der Waals surface area contributed by atoms with E-state index in [0.29, 0.717) is 30.3 Å². The fraction of sp³-hybridized carbons (Fsp3) is 0.650. The van der Waals surface area contributed by atoms with Gasteiger partial charge in [-0.1, -0.05) is 13.8 Å². The number of carbonyl (C=O) groups excluding carboxylic acids is 2. The number of hydrogen-bond donors (Lipinski definition) is 1. The number of likely N-dealkylation sites (tertiary alicyclic amines) is 2. The molecule has 0 bridgehead atoms. The molecule has 2 N–H and O–H groups in total. The molecule has 0 aliphatic carbocycles. The lowest BCUT2D eigenvalue weighted by molar-refractivity contribution is -0.139. The zero-order chi connectivity index (χ0) is 18.7. The van der Waals surface area contributed by atoms with Crippen molar-refractivity contribution < 1.29 is 9.59 Å². The first-order chi connectivity index (χ1) is 12.4. The third-order valence-electron chi connectivity index (χ3n) is 5.68. The highest BCUT2D eigenvalue weighted by Crippen LogP contribution is 2.39. The number of carbonyl (C=O) groups is 2. The van der Waals surface area contributed by atoms with Crippen LogP contribution in [0.3, 0.4) is 0 Å². The van der Waals surface area contributed by atoms with E-state index in [4.69, 9.17) is 5.73 Å². The molecular weight excluding hydrogens is 328 g/mol. The fourth-order valence-electron chi connectivity index (χ4n) is 4.16. The van der Waals surface area contributed by atoms with Crippen LogP contribution in [0, 0.1) is 11.3 Å². The number of rotatable bonds is 4. The van der Waals surface area contributed by atoms with Gasteiger partial charge in [-0.2, -0.15) is 0 Å². The standard InChI is InChI=1S/C20H30N4O2/c1-15(2)6-11-23-13-20(8-4-18(23)25)7-3-10-24(14-20)19(26)17-12-16(21)5-9-22-17/h5,9,12,15H,3-4,6-8,10-11,13-14H2,1-2H3,(H2,21,22)/t20-/m1/s1. The lowest BCUT2D eigenvalue weighted by Gasteiger charge is -2.48. The molecule has 2 amide bonds. The number of nitrogens with zero attached hydrogens (tertiary/aromatic N) is 3. The SMILES string of the molecule is CC(C)CCN1C[C@@]2(CCCN(C(=O)c3cc(N)ccn3)C2)CCC1=O. The van der Waals surface area contributed by atoms with Gasteiger partial charge in [0, 0.05) is 49.9 Å². The Balaban J connectivity index is 1.70. The summed E-state index contributed by atoms with van der Waals surface area (Å²) in [5, 5.41) is 0. The van der Waals surface area contributed by atoms with Crippen LogP contribution in [0.5, 0.6) is 0 Å². The summed E-state index contributed by atoms with van der Waals surface area (Å²) in [4.78, 5) is 33.3. The van der Waals surface area contributed by atoms with Crippen molar-refractivity contribution in [2.24, 2.45) is 11.3 Å². The molecule has 2 aliphatic heterocycles. The van der Waals surface area contributed by atoms with Crippen LogP contribution in [-0.2, 0) is 4.79 Å². The molecule has 2 aliphatic rings. The summed E-state index contributed by atoms with van der Waals surface area (Å²) >= 11 is 0. The molecule has 3 rings (SSSR count). The highest BCUT2D eigenvalue weighted by Gasteiger charge is 2.42. The van der Waals surface area contributed by atoms with Gasteiger partial charge < -0.3 is 15.5 Å². The summed E-state index contributed by atoms with van der Waals surface area (Å²) < 4.78 is 0. The largest absolute Gasteiger partial charge is 0.399 e. The minimum Gasteiger partial charge on any atom is -0.399 e. The van der Waals surface area contributed by atoms with Crippen LogP contribution in [0.2, 0.25) is 0 Å². The van der Waals surface area contributed by atoms with E-state index in [1.807, 2.05) is 9.80 Å². The lowest BCUT2D eigenvalue weighted by Crippen LogP contribution is -2.55. The number of amides is 2. The highest BCUT2D eigenvalue weighted by molar-refractivity contribution is 5.93. The number of anilines is 1. The zero-order valence-corrected chi connectivity index (χ0v) is 15.9. The van der Waals surface area contributed by atoms with Gasteiger partial charge in [-0.25, -0.2) is 0 Å². The monoisotopic (exact) mass is 358 g/mol. The van der Waals surface area contributed by atoms with Gasteiger partial charge in [0.15, 0.2) is 0 Å². The van der Waals surface area contributed by atoms with Crippen LogP contribution >= 0.6 is 0 Å². The molecule has 0 saturated carbocycles. The quantitative estimate of drug-likeness (QED) is 0.897. The number of aromatic nitrogens is 1. The van der Waals surface area contributed by atoms with Crippen LogP contribution in [0.15, 0.2) is 18.3 Å². The van der Waals surface area contributed by atoms with Crippen molar-refractivity contribution >= 4 is 17.5 Å². The Hall–Kier alpha value is -2.11. The van der Waals surface area contributed by atoms with E-state index < -0.39 is 0 Å². The number of hydrogen-bond acceptors (Lipinski definition) is 4.